The van der Waals surface area contributed by atoms with E-state index in [1.54, 1.807) is 6.92 Å². The minimum Gasteiger partial charge on any atom is -0.478 e. The van der Waals surface area contributed by atoms with E-state index < -0.39 is 22.0 Å². The molecule has 0 bridgehead atoms. The van der Waals surface area contributed by atoms with Crippen LogP contribution in [0.1, 0.15) is 55.1 Å². The van der Waals surface area contributed by atoms with Crippen LogP contribution >= 0.6 is 0 Å². The summed E-state index contributed by atoms with van der Waals surface area (Å²) in [7, 11) is -3.91. The summed E-state index contributed by atoms with van der Waals surface area (Å²) in [5.41, 5.74) is 1.17. The number of hydrogen-bond donors (Lipinski definition) is 3. The number of carboxylic acid groups (broad SMARTS) is 1. The molecule has 0 aliphatic carbocycles. The first-order chi connectivity index (χ1) is 12.8. The average Bonchev–Trinajstić information content (AvgIpc) is 2.65. The molecule has 1 atom stereocenters. The van der Waals surface area contributed by atoms with E-state index in [4.69, 9.17) is 0 Å². The summed E-state index contributed by atoms with van der Waals surface area (Å²) in [6, 6.07) is 12.9. The van der Waals surface area contributed by atoms with Crippen molar-refractivity contribution in [2.24, 2.45) is 0 Å². The topological polar surface area (TPSA) is 95.5 Å². The molecule has 146 valence electrons. The lowest BCUT2D eigenvalue weighted by atomic mass is 10.1. The molecule has 0 amide bonds. The number of hydrogen-bond acceptors (Lipinski definition) is 4. The fraction of sp³-hybridized carbons (Fsp3) is 0.350. The van der Waals surface area contributed by atoms with E-state index in [-0.39, 0.29) is 10.5 Å². The number of benzene rings is 2. The van der Waals surface area contributed by atoms with Gasteiger partial charge in [0.05, 0.1) is 11.3 Å². The predicted octanol–water partition coefficient (Wildman–Crippen LogP) is 4.03. The number of aromatic carboxylic acids is 1. The van der Waals surface area contributed by atoms with Crippen molar-refractivity contribution in [3.05, 3.63) is 59.7 Å². The molecular weight excluding hydrogens is 364 g/mol. The fourth-order valence-corrected chi connectivity index (χ4v) is 4.17. The van der Waals surface area contributed by atoms with Gasteiger partial charge in [-0.15, -0.1) is 0 Å². The molecule has 3 N–H and O–H groups in total. The molecule has 0 spiro atoms. The summed E-state index contributed by atoms with van der Waals surface area (Å²) >= 11 is 0. The molecule has 7 heteroatoms. The minimum atomic E-state index is -3.91. The summed E-state index contributed by atoms with van der Waals surface area (Å²) in [4.78, 5) is 11.2. The zero-order valence-electron chi connectivity index (χ0n) is 15.6. The highest BCUT2D eigenvalue weighted by Gasteiger charge is 2.23. The van der Waals surface area contributed by atoms with Gasteiger partial charge >= 0.3 is 5.97 Å². The second kappa shape index (κ2) is 9.53. The molecule has 2 aromatic carbocycles. The van der Waals surface area contributed by atoms with Crippen molar-refractivity contribution in [2.45, 2.75) is 44.0 Å². The van der Waals surface area contributed by atoms with E-state index in [0.29, 0.717) is 12.2 Å². The Balaban J connectivity index is 2.31. The van der Waals surface area contributed by atoms with Crippen LogP contribution < -0.4 is 10.0 Å². The van der Waals surface area contributed by atoms with Gasteiger partial charge in [-0.1, -0.05) is 50.1 Å². The van der Waals surface area contributed by atoms with E-state index in [0.717, 1.165) is 24.8 Å². The zero-order valence-corrected chi connectivity index (χ0v) is 16.4. The van der Waals surface area contributed by atoms with Crippen molar-refractivity contribution >= 4 is 21.7 Å². The molecule has 0 aliphatic heterocycles. The van der Waals surface area contributed by atoms with Crippen LogP contribution in [0.4, 0.5) is 5.69 Å². The molecule has 0 heterocycles. The highest BCUT2D eigenvalue weighted by molar-refractivity contribution is 7.89. The van der Waals surface area contributed by atoms with Crippen molar-refractivity contribution in [3.8, 4) is 0 Å². The third-order valence-corrected chi connectivity index (χ3v) is 5.83. The van der Waals surface area contributed by atoms with Gasteiger partial charge in [-0.2, -0.15) is 0 Å². The van der Waals surface area contributed by atoms with E-state index in [1.165, 1.54) is 18.2 Å². The summed E-state index contributed by atoms with van der Waals surface area (Å²) in [6.45, 7) is 4.46. The van der Waals surface area contributed by atoms with Gasteiger partial charge < -0.3 is 10.4 Å². The normalized spacial score (nSPS) is 12.5. The number of carboxylic acids is 1. The molecule has 6 nitrogen and oxygen atoms in total. The number of sulfonamides is 1. The van der Waals surface area contributed by atoms with Crippen LogP contribution in [0.15, 0.2) is 53.4 Å². The van der Waals surface area contributed by atoms with Crippen LogP contribution in [-0.2, 0) is 10.0 Å². The van der Waals surface area contributed by atoms with Crippen LogP contribution in [0.5, 0.6) is 0 Å². The van der Waals surface area contributed by atoms with Crippen molar-refractivity contribution in [1.82, 2.24) is 4.72 Å². The van der Waals surface area contributed by atoms with E-state index >= 15 is 0 Å². The highest BCUT2D eigenvalue weighted by Crippen LogP contribution is 2.25. The Morgan fingerprint density at radius 1 is 1.11 bits per heavy atom. The average molecular weight is 391 g/mol. The van der Waals surface area contributed by atoms with Gasteiger partial charge in [0.1, 0.15) is 4.90 Å². The van der Waals surface area contributed by atoms with Crippen LogP contribution in [0.2, 0.25) is 0 Å². The largest absolute Gasteiger partial charge is 0.478 e. The van der Waals surface area contributed by atoms with Gasteiger partial charge in [-0.25, -0.2) is 17.9 Å². The Kier molecular flexibility index (Phi) is 7.38. The molecule has 0 unspecified atom stereocenters. The van der Waals surface area contributed by atoms with Crippen molar-refractivity contribution in [3.63, 3.8) is 0 Å². The SMILES string of the molecule is CCCCCNc1ccc(C(=O)O)cc1S(=O)(=O)N[C@H](C)c1ccccc1. The Labute approximate surface area is 160 Å². The van der Waals surface area contributed by atoms with Gasteiger partial charge in [0.2, 0.25) is 10.0 Å². The molecule has 2 rings (SSSR count). The molecule has 0 fully saturated rings. The summed E-state index contributed by atoms with van der Waals surface area (Å²) in [5, 5.41) is 12.4. The van der Waals surface area contributed by atoms with E-state index in [9.17, 15) is 18.3 Å². The Morgan fingerprint density at radius 3 is 2.44 bits per heavy atom. The fourth-order valence-electron chi connectivity index (χ4n) is 2.73. The van der Waals surface area contributed by atoms with Gasteiger partial charge in [0.15, 0.2) is 0 Å². The minimum absolute atomic E-state index is 0.0540. The number of carbonyl (C=O) groups is 1. The van der Waals surface area contributed by atoms with E-state index in [2.05, 4.69) is 17.0 Å². The molecule has 2 aromatic rings. The smallest absolute Gasteiger partial charge is 0.335 e. The Bertz CT molecular complexity index is 867. The molecule has 0 aromatic heterocycles. The zero-order chi connectivity index (χ0) is 19.9. The first kappa shape index (κ1) is 20.9. The lowest BCUT2D eigenvalue weighted by Crippen LogP contribution is -2.28. The summed E-state index contributed by atoms with van der Waals surface area (Å²) in [5.74, 6) is -1.17. The highest BCUT2D eigenvalue weighted by atomic mass is 32.2. The summed E-state index contributed by atoms with van der Waals surface area (Å²) < 4.78 is 28.5. The molecule has 0 saturated carbocycles. The number of nitrogens with one attached hydrogen (secondary N) is 2. The summed E-state index contributed by atoms with van der Waals surface area (Å²) in [6.07, 6.45) is 3.00. The monoisotopic (exact) mass is 390 g/mol. The van der Waals surface area contributed by atoms with Crippen LogP contribution in [0.3, 0.4) is 0 Å². The molecule has 27 heavy (non-hydrogen) atoms. The maximum atomic E-state index is 13.0. The van der Waals surface area contributed by atoms with Crippen LogP contribution in [0.25, 0.3) is 0 Å². The van der Waals surface area contributed by atoms with Gasteiger partial charge in [-0.3, -0.25) is 0 Å². The van der Waals surface area contributed by atoms with Crippen LogP contribution in [0, 0.1) is 0 Å². The van der Waals surface area contributed by atoms with Crippen molar-refractivity contribution < 1.29 is 18.3 Å². The molecule has 0 saturated heterocycles. The van der Waals surface area contributed by atoms with Crippen molar-refractivity contribution in [2.75, 3.05) is 11.9 Å². The third kappa shape index (κ3) is 5.80. The quantitative estimate of drug-likeness (QED) is 0.533. The number of unbranched alkanes of at least 4 members (excludes halogenated alkanes) is 2. The first-order valence-corrected chi connectivity index (χ1v) is 10.5. The van der Waals surface area contributed by atoms with Crippen molar-refractivity contribution in [1.29, 1.82) is 0 Å². The van der Waals surface area contributed by atoms with Crippen LogP contribution in [-0.4, -0.2) is 26.0 Å². The molecule has 0 aliphatic rings. The lowest BCUT2D eigenvalue weighted by molar-refractivity contribution is 0.0696. The number of rotatable bonds is 10. The van der Waals surface area contributed by atoms with E-state index in [1.807, 2.05) is 30.3 Å². The first-order valence-electron chi connectivity index (χ1n) is 9.03. The molecule has 0 radical (unpaired) electrons. The second-order valence-corrected chi connectivity index (χ2v) is 8.09. The predicted molar refractivity (Wildman–Crippen MR) is 107 cm³/mol. The van der Waals surface area contributed by atoms with Gasteiger partial charge in [0, 0.05) is 12.6 Å². The molecular formula is C20H26N2O4S. The Hall–Kier alpha value is -2.38. The third-order valence-electron chi connectivity index (χ3n) is 4.25. The maximum Gasteiger partial charge on any atom is 0.335 e. The number of anilines is 1. The van der Waals surface area contributed by atoms with Gasteiger partial charge in [0.25, 0.3) is 0 Å². The van der Waals surface area contributed by atoms with Gasteiger partial charge in [-0.05, 0) is 37.1 Å². The second-order valence-electron chi connectivity index (χ2n) is 6.40. The maximum absolute atomic E-state index is 13.0. The Morgan fingerprint density at radius 2 is 1.81 bits per heavy atom. The standard InChI is InChI=1S/C20H26N2O4S/c1-3-4-8-13-21-18-12-11-17(20(23)24)14-19(18)27(25,26)22-15(2)16-9-6-5-7-10-16/h5-7,9-12,14-15,21-22H,3-4,8,13H2,1-2H3,(H,23,24)/t15-/m1/s1. The lowest BCUT2D eigenvalue weighted by Gasteiger charge is -2.18.